The van der Waals surface area contributed by atoms with Crippen LogP contribution in [-0.2, 0) is 0 Å². The standard InChI is InChI=1S/C13H19NO/c1-12(11-14-9-5-6-10-14)15-13-7-3-2-4-8-13/h2-4,7-8,12H,5-6,9-11H2,1H3/t12-/m1/s1. The van der Waals surface area contributed by atoms with E-state index >= 15 is 0 Å². The van der Waals surface area contributed by atoms with E-state index in [4.69, 9.17) is 4.74 Å². The Labute approximate surface area is 91.9 Å². The van der Waals surface area contributed by atoms with Crippen molar-refractivity contribution in [2.24, 2.45) is 0 Å². The zero-order valence-electron chi connectivity index (χ0n) is 9.36. The van der Waals surface area contributed by atoms with Gasteiger partial charge in [0, 0.05) is 6.54 Å². The summed E-state index contributed by atoms with van der Waals surface area (Å²) in [6.45, 7) is 5.67. The van der Waals surface area contributed by atoms with Crippen LogP contribution in [0, 0.1) is 0 Å². The summed E-state index contributed by atoms with van der Waals surface area (Å²) in [6.07, 6.45) is 2.97. The number of para-hydroxylation sites is 1. The van der Waals surface area contributed by atoms with E-state index in [2.05, 4.69) is 11.8 Å². The summed E-state index contributed by atoms with van der Waals surface area (Å²) in [5.41, 5.74) is 0. The lowest BCUT2D eigenvalue weighted by Crippen LogP contribution is -2.31. The Kier molecular flexibility index (Phi) is 3.62. The number of hydrogen-bond donors (Lipinski definition) is 0. The molecule has 1 aliphatic rings. The molecule has 1 heterocycles. The molecule has 0 spiro atoms. The van der Waals surface area contributed by atoms with E-state index in [-0.39, 0.29) is 6.10 Å². The molecule has 0 aliphatic carbocycles. The normalized spacial score (nSPS) is 19.0. The molecule has 1 fully saturated rings. The average Bonchev–Trinajstić information content (AvgIpc) is 2.71. The fourth-order valence-corrected chi connectivity index (χ4v) is 2.10. The maximum atomic E-state index is 5.83. The van der Waals surface area contributed by atoms with Gasteiger partial charge in [0.15, 0.2) is 0 Å². The molecule has 2 heteroatoms. The van der Waals surface area contributed by atoms with E-state index in [0.717, 1.165) is 12.3 Å². The quantitative estimate of drug-likeness (QED) is 0.749. The highest BCUT2D eigenvalue weighted by Crippen LogP contribution is 2.13. The van der Waals surface area contributed by atoms with Crippen molar-refractivity contribution in [3.63, 3.8) is 0 Å². The molecule has 0 radical (unpaired) electrons. The van der Waals surface area contributed by atoms with Gasteiger partial charge in [-0.05, 0) is 45.0 Å². The molecular formula is C13H19NO. The van der Waals surface area contributed by atoms with E-state index < -0.39 is 0 Å². The van der Waals surface area contributed by atoms with Crippen molar-refractivity contribution in [3.05, 3.63) is 30.3 Å². The second-order valence-electron chi connectivity index (χ2n) is 4.25. The van der Waals surface area contributed by atoms with Gasteiger partial charge >= 0.3 is 0 Å². The lowest BCUT2D eigenvalue weighted by molar-refractivity contribution is 0.162. The molecule has 15 heavy (non-hydrogen) atoms. The van der Waals surface area contributed by atoms with Gasteiger partial charge < -0.3 is 4.74 Å². The monoisotopic (exact) mass is 205 g/mol. The summed E-state index contributed by atoms with van der Waals surface area (Å²) in [5.74, 6) is 0.976. The molecular weight excluding hydrogens is 186 g/mol. The highest BCUT2D eigenvalue weighted by molar-refractivity contribution is 5.21. The van der Waals surface area contributed by atoms with Crippen molar-refractivity contribution in [3.8, 4) is 5.75 Å². The molecule has 0 unspecified atom stereocenters. The average molecular weight is 205 g/mol. The number of ether oxygens (including phenoxy) is 1. The van der Waals surface area contributed by atoms with Crippen LogP contribution in [0.1, 0.15) is 19.8 Å². The molecule has 1 aromatic rings. The zero-order chi connectivity index (χ0) is 10.5. The molecule has 0 amide bonds. The van der Waals surface area contributed by atoms with Gasteiger partial charge in [-0.2, -0.15) is 0 Å². The van der Waals surface area contributed by atoms with Crippen LogP contribution >= 0.6 is 0 Å². The van der Waals surface area contributed by atoms with E-state index in [9.17, 15) is 0 Å². The van der Waals surface area contributed by atoms with Crippen molar-refractivity contribution < 1.29 is 4.74 Å². The van der Waals surface area contributed by atoms with Crippen LogP contribution in [-0.4, -0.2) is 30.6 Å². The maximum absolute atomic E-state index is 5.83. The first kappa shape index (κ1) is 10.5. The van der Waals surface area contributed by atoms with Gasteiger partial charge in [-0.15, -0.1) is 0 Å². The van der Waals surface area contributed by atoms with Gasteiger partial charge in [0.2, 0.25) is 0 Å². The van der Waals surface area contributed by atoms with Gasteiger partial charge in [0.05, 0.1) is 0 Å². The van der Waals surface area contributed by atoms with Gasteiger partial charge in [0.1, 0.15) is 11.9 Å². The Morgan fingerprint density at radius 2 is 1.87 bits per heavy atom. The molecule has 1 atom stereocenters. The number of rotatable bonds is 4. The zero-order valence-corrected chi connectivity index (χ0v) is 9.36. The van der Waals surface area contributed by atoms with Crippen LogP contribution in [0.2, 0.25) is 0 Å². The minimum atomic E-state index is 0.283. The summed E-state index contributed by atoms with van der Waals surface area (Å²) in [7, 11) is 0. The Bertz CT molecular complexity index is 280. The second-order valence-corrected chi connectivity index (χ2v) is 4.25. The minimum Gasteiger partial charge on any atom is -0.489 e. The minimum absolute atomic E-state index is 0.283. The maximum Gasteiger partial charge on any atom is 0.119 e. The van der Waals surface area contributed by atoms with E-state index in [1.54, 1.807) is 0 Å². The first-order valence-corrected chi connectivity index (χ1v) is 5.78. The second kappa shape index (κ2) is 5.17. The molecule has 1 saturated heterocycles. The van der Waals surface area contributed by atoms with Crippen LogP contribution in [0.25, 0.3) is 0 Å². The number of benzene rings is 1. The first-order valence-electron chi connectivity index (χ1n) is 5.78. The van der Waals surface area contributed by atoms with Crippen LogP contribution in [0.15, 0.2) is 30.3 Å². The smallest absolute Gasteiger partial charge is 0.119 e. The fraction of sp³-hybridized carbons (Fsp3) is 0.538. The summed E-state index contributed by atoms with van der Waals surface area (Å²) >= 11 is 0. The Hall–Kier alpha value is -1.02. The van der Waals surface area contributed by atoms with Crippen LogP contribution in [0.4, 0.5) is 0 Å². The molecule has 0 bridgehead atoms. The topological polar surface area (TPSA) is 12.5 Å². The summed E-state index contributed by atoms with van der Waals surface area (Å²) in [6, 6.07) is 10.1. The fourth-order valence-electron chi connectivity index (χ4n) is 2.10. The largest absolute Gasteiger partial charge is 0.489 e. The highest BCUT2D eigenvalue weighted by atomic mass is 16.5. The Morgan fingerprint density at radius 1 is 1.20 bits per heavy atom. The summed E-state index contributed by atoms with van der Waals surface area (Å²) < 4.78 is 5.83. The molecule has 1 aromatic carbocycles. The Balaban J connectivity index is 1.79. The number of nitrogens with zero attached hydrogens (tertiary/aromatic N) is 1. The molecule has 0 saturated carbocycles. The van der Waals surface area contributed by atoms with Crippen molar-refractivity contribution in [2.45, 2.75) is 25.9 Å². The molecule has 2 rings (SSSR count). The van der Waals surface area contributed by atoms with E-state index in [0.29, 0.717) is 0 Å². The van der Waals surface area contributed by atoms with Crippen molar-refractivity contribution in [2.75, 3.05) is 19.6 Å². The summed E-state index contributed by atoms with van der Waals surface area (Å²) in [5, 5.41) is 0. The predicted octanol–water partition coefficient (Wildman–Crippen LogP) is 2.55. The Morgan fingerprint density at radius 3 is 2.53 bits per heavy atom. The third-order valence-electron chi connectivity index (χ3n) is 2.79. The molecule has 0 N–H and O–H groups in total. The van der Waals surface area contributed by atoms with Gasteiger partial charge in [-0.25, -0.2) is 0 Å². The van der Waals surface area contributed by atoms with Gasteiger partial charge in [-0.1, -0.05) is 18.2 Å². The third kappa shape index (κ3) is 3.24. The van der Waals surface area contributed by atoms with E-state index in [1.807, 2.05) is 30.3 Å². The van der Waals surface area contributed by atoms with Gasteiger partial charge in [-0.3, -0.25) is 4.90 Å². The highest BCUT2D eigenvalue weighted by Gasteiger charge is 2.15. The van der Waals surface area contributed by atoms with Crippen molar-refractivity contribution >= 4 is 0 Å². The lowest BCUT2D eigenvalue weighted by atomic mass is 10.3. The van der Waals surface area contributed by atoms with E-state index in [1.165, 1.54) is 25.9 Å². The molecule has 1 aliphatic heterocycles. The molecule has 82 valence electrons. The molecule has 0 aromatic heterocycles. The summed E-state index contributed by atoms with van der Waals surface area (Å²) in [4.78, 5) is 2.48. The van der Waals surface area contributed by atoms with Crippen molar-refractivity contribution in [1.82, 2.24) is 4.90 Å². The predicted molar refractivity (Wildman–Crippen MR) is 62.2 cm³/mol. The molecule has 2 nitrogen and oxygen atoms in total. The van der Waals surface area contributed by atoms with Crippen LogP contribution in [0.3, 0.4) is 0 Å². The first-order chi connectivity index (χ1) is 7.34. The number of likely N-dealkylation sites (tertiary alicyclic amines) is 1. The SMILES string of the molecule is C[C@H](CN1CCCC1)Oc1ccccc1. The third-order valence-corrected chi connectivity index (χ3v) is 2.79. The lowest BCUT2D eigenvalue weighted by Gasteiger charge is -2.21. The van der Waals surface area contributed by atoms with Crippen molar-refractivity contribution in [1.29, 1.82) is 0 Å². The van der Waals surface area contributed by atoms with Crippen LogP contribution in [0.5, 0.6) is 5.75 Å². The number of hydrogen-bond acceptors (Lipinski definition) is 2. The van der Waals surface area contributed by atoms with Crippen LogP contribution < -0.4 is 4.74 Å². The van der Waals surface area contributed by atoms with Gasteiger partial charge in [0.25, 0.3) is 0 Å².